The van der Waals surface area contributed by atoms with Gasteiger partial charge < -0.3 is 15.5 Å². The van der Waals surface area contributed by atoms with Crippen molar-refractivity contribution < 1.29 is 14.4 Å². The highest BCUT2D eigenvalue weighted by atomic mass is 16.2. The highest BCUT2D eigenvalue weighted by molar-refractivity contribution is 5.94. The van der Waals surface area contributed by atoms with E-state index in [1.54, 1.807) is 36.5 Å². The van der Waals surface area contributed by atoms with Crippen molar-refractivity contribution in [2.45, 2.75) is 66.1 Å². The van der Waals surface area contributed by atoms with Crippen molar-refractivity contribution in [2.75, 3.05) is 6.54 Å². The molecule has 9 nitrogen and oxygen atoms in total. The highest BCUT2D eigenvalue weighted by Gasteiger charge is 2.69. The fourth-order valence-electron chi connectivity index (χ4n) is 5.53. The second kappa shape index (κ2) is 9.16. The number of hydrogen-bond donors (Lipinski definition) is 2. The van der Waals surface area contributed by atoms with E-state index in [1.165, 1.54) is 0 Å². The predicted octanol–water partition coefficient (Wildman–Crippen LogP) is 2.73. The molecule has 2 aliphatic rings. The molecule has 2 fully saturated rings. The van der Waals surface area contributed by atoms with Gasteiger partial charge in [0.15, 0.2) is 0 Å². The molecule has 2 aromatic rings. The van der Waals surface area contributed by atoms with E-state index in [9.17, 15) is 19.6 Å². The molecule has 2 aromatic heterocycles. The van der Waals surface area contributed by atoms with E-state index in [2.05, 4.69) is 40.5 Å². The Morgan fingerprint density at radius 1 is 1.25 bits per heavy atom. The Labute approximate surface area is 211 Å². The van der Waals surface area contributed by atoms with E-state index >= 15 is 0 Å². The summed E-state index contributed by atoms with van der Waals surface area (Å²) < 4.78 is 0. The van der Waals surface area contributed by atoms with Crippen LogP contribution in [-0.2, 0) is 14.4 Å². The van der Waals surface area contributed by atoms with Crippen molar-refractivity contribution in [3.63, 3.8) is 0 Å². The van der Waals surface area contributed by atoms with Crippen molar-refractivity contribution in [3.05, 3.63) is 36.3 Å². The van der Waals surface area contributed by atoms with Crippen molar-refractivity contribution in [1.82, 2.24) is 25.5 Å². The number of nitriles is 1. The molecule has 2 N–H and O–H groups in total. The molecule has 1 saturated carbocycles. The van der Waals surface area contributed by atoms with E-state index in [4.69, 9.17) is 0 Å². The van der Waals surface area contributed by atoms with E-state index in [0.29, 0.717) is 17.6 Å². The molecule has 190 valence electrons. The molecule has 4 rings (SSSR count). The molecule has 0 radical (unpaired) electrons. The first-order valence-corrected chi connectivity index (χ1v) is 12.4. The van der Waals surface area contributed by atoms with Crippen LogP contribution in [0.5, 0.6) is 0 Å². The monoisotopic (exact) mass is 490 g/mol. The topological polar surface area (TPSA) is 128 Å². The molecule has 3 heterocycles. The van der Waals surface area contributed by atoms with Crippen molar-refractivity contribution in [2.24, 2.45) is 22.7 Å². The van der Waals surface area contributed by atoms with Gasteiger partial charge >= 0.3 is 0 Å². The summed E-state index contributed by atoms with van der Waals surface area (Å²) in [5.41, 5.74) is 0.473. The van der Waals surface area contributed by atoms with Gasteiger partial charge in [-0.05, 0) is 34.8 Å². The maximum absolute atomic E-state index is 13.8. The molecule has 0 spiro atoms. The van der Waals surface area contributed by atoms with Gasteiger partial charge in [-0.3, -0.25) is 24.4 Å². The lowest BCUT2D eigenvalue weighted by atomic mass is 9.85. The maximum atomic E-state index is 13.8. The van der Waals surface area contributed by atoms with E-state index in [0.717, 1.165) is 5.39 Å². The molecule has 0 bridgehead atoms. The summed E-state index contributed by atoms with van der Waals surface area (Å²) in [6.45, 7) is 12.1. The molecule has 9 heteroatoms. The number of aromatic nitrogens is 2. The number of piperidine rings is 1. The quantitative estimate of drug-likeness (QED) is 0.641. The van der Waals surface area contributed by atoms with Crippen LogP contribution in [0.3, 0.4) is 0 Å². The van der Waals surface area contributed by atoms with Crippen LogP contribution in [0.15, 0.2) is 30.7 Å². The third kappa shape index (κ3) is 4.41. The fourth-order valence-corrected chi connectivity index (χ4v) is 5.53. The van der Waals surface area contributed by atoms with Gasteiger partial charge in [-0.25, -0.2) is 0 Å². The first-order chi connectivity index (χ1) is 16.9. The van der Waals surface area contributed by atoms with Crippen LogP contribution < -0.4 is 10.6 Å². The molecular weight excluding hydrogens is 456 g/mol. The number of fused-ring (bicyclic) bond motifs is 2. The van der Waals surface area contributed by atoms with Crippen LogP contribution in [0.2, 0.25) is 0 Å². The SMILES string of the molecule is CCC(=O)NC(C(=O)N1C[C@H]2[C@@H]([C@H]1C(=O)NC(C#N)c1cncc3cccnc13)C2(C)C)C(C)(C)C. The lowest BCUT2D eigenvalue weighted by Gasteiger charge is -2.37. The normalized spacial score (nSPS) is 23.8. The number of rotatable bonds is 6. The molecule has 5 atom stereocenters. The van der Waals surface area contributed by atoms with Crippen molar-refractivity contribution in [3.8, 4) is 6.07 Å². The van der Waals surface area contributed by atoms with Crippen molar-refractivity contribution in [1.29, 1.82) is 5.26 Å². The summed E-state index contributed by atoms with van der Waals surface area (Å²) in [5.74, 6) is -0.701. The summed E-state index contributed by atoms with van der Waals surface area (Å²) in [6.07, 6.45) is 5.10. The number of carbonyl (C=O) groups is 3. The Hall–Kier alpha value is -3.54. The Morgan fingerprint density at radius 3 is 2.61 bits per heavy atom. The van der Waals surface area contributed by atoms with Gasteiger partial charge in [0.1, 0.15) is 18.1 Å². The maximum Gasteiger partial charge on any atom is 0.246 e. The third-order valence-corrected chi connectivity index (χ3v) is 7.77. The molecule has 0 aromatic carbocycles. The Bertz CT molecular complexity index is 1240. The van der Waals surface area contributed by atoms with Gasteiger partial charge in [0.2, 0.25) is 17.7 Å². The summed E-state index contributed by atoms with van der Waals surface area (Å²) in [6, 6.07) is 3.33. The largest absolute Gasteiger partial charge is 0.344 e. The Morgan fingerprint density at radius 2 is 1.97 bits per heavy atom. The summed E-state index contributed by atoms with van der Waals surface area (Å²) in [5, 5.41) is 16.5. The Balaban J connectivity index is 1.63. The molecular formula is C27H34N6O3. The number of hydrogen-bond acceptors (Lipinski definition) is 6. The molecule has 1 aliphatic heterocycles. The smallest absolute Gasteiger partial charge is 0.246 e. The first kappa shape index (κ1) is 25.5. The lowest BCUT2D eigenvalue weighted by molar-refractivity contribution is -0.145. The zero-order valence-corrected chi connectivity index (χ0v) is 21.7. The predicted molar refractivity (Wildman–Crippen MR) is 134 cm³/mol. The zero-order chi connectivity index (χ0) is 26.4. The number of nitrogens with one attached hydrogen (secondary N) is 2. The second-order valence-electron chi connectivity index (χ2n) is 11.5. The molecule has 36 heavy (non-hydrogen) atoms. The van der Waals surface area contributed by atoms with Crippen LogP contribution >= 0.6 is 0 Å². The number of nitrogens with zero attached hydrogens (tertiary/aromatic N) is 4. The van der Waals surface area contributed by atoms with Gasteiger partial charge in [0.25, 0.3) is 0 Å². The minimum absolute atomic E-state index is 0.0212. The molecule has 3 amide bonds. The minimum atomic E-state index is -0.973. The first-order valence-electron chi connectivity index (χ1n) is 12.4. The fraction of sp³-hybridized carbons (Fsp3) is 0.556. The molecule has 2 unspecified atom stereocenters. The lowest BCUT2D eigenvalue weighted by Crippen LogP contribution is -2.59. The minimum Gasteiger partial charge on any atom is -0.344 e. The van der Waals surface area contributed by atoms with E-state index in [1.807, 2.05) is 26.8 Å². The van der Waals surface area contributed by atoms with Crippen LogP contribution in [0, 0.1) is 34.0 Å². The van der Waals surface area contributed by atoms with Crippen LogP contribution in [0.1, 0.15) is 59.6 Å². The average molecular weight is 491 g/mol. The van der Waals surface area contributed by atoms with E-state index < -0.39 is 23.5 Å². The van der Waals surface area contributed by atoms with Crippen LogP contribution in [0.25, 0.3) is 10.9 Å². The number of pyridine rings is 2. The van der Waals surface area contributed by atoms with Gasteiger partial charge in [0, 0.05) is 42.5 Å². The van der Waals surface area contributed by atoms with Gasteiger partial charge in [-0.1, -0.05) is 41.5 Å². The standard InChI is InChI=1S/C27H34N6O3/c1-7-19(34)32-23(26(2,3)4)25(36)33-14-17-20(27(17,5)6)22(33)24(35)31-18(11-28)16-13-29-12-15-9-8-10-30-21(15)16/h8-10,12-13,17-18,20,22-23H,7,14H2,1-6H3,(H,31,35)(H,32,34)/t17-,18?,20-,22-,23?/m0/s1. The number of likely N-dealkylation sites (tertiary alicyclic amines) is 1. The highest BCUT2D eigenvalue weighted by Crippen LogP contribution is 2.65. The van der Waals surface area contributed by atoms with Crippen LogP contribution in [-0.4, -0.2) is 51.2 Å². The summed E-state index contributed by atoms with van der Waals surface area (Å²) >= 11 is 0. The van der Waals surface area contributed by atoms with Gasteiger partial charge in [-0.2, -0.15) is 5.26 Å². The summed E-state index contributed by atoms with van der Waals surface area (Å²) in [4.78, 5) is 49.9. The summed E-state index contributed by atoms with van der Waals surface area (Å²) in [7, 11) is 0. The number of amides is 3. The van der Waals surface area contributed by atoms with Crippen molar-refractivity contribution >= 4 is 28.6 Å². The molecule has 1 saturated heterocycles. The third-order valence-electron chi connectivity index (χ3n) is 7.77. The molecule has 1 aliphatic carbocycles. The Kier molecular flexibility index (Phi) is 6.50. The van der Waals surface area contributed by atoms with Crippen LogP contribution in [0.4, 0.5) is 0 Å². The number of carbonyl (C=O) groups excluding carboxylic acids is 3. The second-order valence-corrected chi connectivity index (χ2v) is 11.5. The average Bonchev–Trinajstić information content (AvgIpc) is 3.17. The van der Waals surface area contributed by atoms with Gasteiger partial charge in [-0.15, -0.1) is 0 Å². The zero-order valence-electron chi connectivity index (χ0n) is 21.7. The van der Waals surface area contributed by atoms with Gasteiger partial charge in [0.05, 0.1) is 11.6 Å². The van der Waals surface area contributed by atoms with E-state index in [-0.39, 0.29) is 41.4 Å².